The highest BCUT2D eigenvalue weighted by atomic mass is 16.5. The number of nitrogens with zero attached hydrogens (tertiary/aromatic N) is 2. The van der Waals surface area contributed by atoms with Crippen molar-refractivity contribution in [2.45, 2.75) is 31.8 Å². The summed E-state index contributed by atoms with van der Waals surface area (Å²) in [6.07, 6.45) is 6.10. The monoisotopic (exact) mass is 369 g/mol. The van der Waals surface area contributed by atoms with Gasteiger partial charge in [0, 0.05) is 43.5 Å². The van der Waals surface area contributed by atoms with Crippen LogP contribution in [-0.2, 0) is 9.53 Å². The molecular formula is C21H27N3O3. The van der Waals surface area contributed by atoms with Crippen LogP contribution in [0.1, 0.15) is 25.7 Å². The van der Waals surface area contributed by atoms with Crippen LogP contribution in [0.3, 0.4) is 0 Å². The number of hydrogen-bond acceptors (Lipinski definition) is 5. The number of pyridine rings is 1. The van der Waals surface area contributed by atoms with Crippen molar-refractivity contribution in [3.8, 4) is 5.75 Å². The molecule has 6 nitrogen and oxygen atoms in total. The third kappa shape index (κ3) is 4.00. The second-order valence-corrected chi connectivity index (χ2v) is 7.38. The van der Waals surface area contributed by atoms with Crippen molar-refractivity contribution in [3.05, 3.63) is 30.5 Å². The average Bonchev–Trinajstić information content (AvgIpc) is 3.25. The molecule has 1 aromatic carbocycles. The van der Waals surface area contributed by atoms with Crippen LogP contribution in [-0.4, -0.2) is 50.3 Å². The van der Waals surface area contributed by atoms with Gasteiger partial charge in [-0.25, -0.2) is 0 Å². The van der Waals surface area contributed by atoms with Crippen molar-refractivity contribution in [2.75, 3.05) is 38.3 Å². The van der Waals surface area contributed by atoms with Gasteiger partial charge in [0.25, 0.3) is 0 Å². The Hall–Kier alpha value is -2.34. The summed E-state index contributed by atoms with van der Waals surface area (Å²) in [5, 5.41) is 4.17. The van der Waals surface area contributed by atoms with Gasteiger partial charge in [-0.05, 0) is 49.9 Å². The minimum absolute atomic E-state index is 0.00831. The van der Waals surface area contributed by atoms with E-state index in [0.717, 1.165) is 67.7 Å². The molecule has 0 aliphatic carbocycles. The molecule has 0 radical (unpaired) electrons. The third-order valence-corrected chi connectivity index (χ3v) is 5.59. The molecule has 144 valence electrons. The number of piperidine rings is 1. The smallest absolute Gasteiger partial charge is 0.224 e. The fourth-order valence-corrected chi connectivity index (χ4v) is 4.09. The van der Waals surface area contributed by atoms with Crippen LogP contribution in [0.2, 0.25) is 0 Å². The van der Waals surface area contributed by atoms with Crippen molar-refractivity contribution in [1.29, 1.82) is 0 Å². The maximum Gasteiger partial charge on any atom is 0.224 e. The molecule has 27 heavy (non-hydrogen) atoms. The van der Waals surface area contributed by atoms with Gasteiger partial charge in [-0.1, -0.05) is 0 Å². The standard InChI is InChI=1S/C21H27N3O3/c1-26-16-6-7-19-18(12-16)20(8-9-22-19)24-10-2-4-15(14-24)21(25)23-13-17-5-3-11-27-17/h6-9,12,15,17H,2-5,10-11,13-14H2,1H3,(H,23,25). The summed E-state index contributed by atoms with van der Waals surface area (Å²) in [5.74, 6) is 0.972. The van der Waals surface area contributed by atoms with Crippen LogP contribution in [0.4, 0.5) is 5.69 Å². The van der Waals surface area contributed by atoms with E-state index in [1.54, 1.807) is 7.11 Å². The molecule has 2 fully saturated rings. The van der Waals surface area contributed by atoms with Crippen LogP contribution in [0.5, 0.6) is 5.75 Å². The van der Waals surface area contributed by atoms with Gasteiger partial charge in [-0.15, -0.1) is 0 Å². The molecule has 0 saturated carbocycles. The molecule has 3 heterocycles. The van der Waals surface area contributed by atoms with Crippen molar-refractivity contribution in [2.24, 2.45) is 5.92 Å². The van der Waals surface area contributed by atoms with Gasteiger partial charge in [-0.2, -0.15) is 0 Å². The zero-order valence-corrected chi connectivity index (χ0v) is 15.8. The van der Waals surface area contributed by atoms with Crippen LogP contribution in [0, 0.1) is 5.92 Å². The van der Waals surface area contributed by atoms with Crippen LogP contribution >= 0.6 is 0 Å². The second kappa shape index (κ2) is 8.13. The van der Waals surface area contributed by atoms with E-state index >= 15 is 0 Å². The number of carbonyl (C=O) groups excluding carboxylic acids is 1. The highest BCUT2D eigenvalue weighted by Gasteiger charge is 2.27. The number of rotatable bonds is 5. The van der Waals surface area contributed by atoms with E-state index in [0.29, 0.717) is 6.54 Å². The zero-order valence-electron chi connectivity index (χ0n) is 15.8. The van der Waals surface area contributed by atoms with E-state index in [4.69, 9.17) is 9.47 Å². The number of amides is 1. The molecule has 2 atom stereocenters. The Morgan fingerprint density at radius 3 is 3.07 bits per heavy atom. The number of aromatic nitrogens is 1. The fourth-order valence-electron chi connectivity index (χ4n) is 4.09. The molecule has 1 aromatic heterocycles. The summed E-state index contributed by atoms with van der Waals surface area (Å²) >= 11 is 0. The summed E-state index contributed by atoms with van der Waals surface area (Å²) in [7, 11) is 1.67. The maximum absolute atomic E-state index is 12.7. The van der Waals surface area contributed by atoms with E-state index in [1.165, 1.54) is 0 Å². The van der Waals surface area contributed by atoms with Gasteiger partial charge in [0.15, 0.2) is 0 Å². The summed E-state index contributed by atoms with van der Waals surface area (Å²) in [6, 6.07) is 7.97. The number of anilines is 1. The van der Waals surface area contributed by atoms with E-state index in [1.807, 2.05) is 30.5 Å². The molecule has 2 aromatic rings. The van der Waals surface area contributed by atoms with E-state index in [9.17, 15) is 4.79 Å². The lowest BCUT2D eigenvalue weighted by atomic mass is 9.96. The number of methoxy groups -OCH3 is 1. The SMILES string of the molecule is COc1ccc2nccc(N3CCCC(C(=O)NCC4CCCO4)C3)c2c1. The van der Waals surface area contributed by atoms with Crippen molar-refractivity contribution in [1.82, 2.24) is 10.3 Å². The zero-order chi connectivity index (χ0) is 18.6. The maximum atomic E-state index is 12.7. The first-order valence-corrected chi connectivity index (χ1v) is 9.81. The number of ether oxygens (including phenoxy) is 2. The molecule has 0 bridgehead atoms. The lowest BCUT2D eigenvalue weighted by molar-refractivity contribution is -0.125. The van der Waals surface area contributed by atoms with Crippen LogP contribution in [0.15, 0.2) is 30.5 Å². The van der Waals surface area contributed by atoms with Crippen molar-refractivity contribution < 1.29 is 14.3 Å². The Morgan fingerprint density at radius 1 is 1.33 bits per heavy atom. The average molecular weight is 369 g/mol. The van der Waals surface area contributed by atoms with Gasteiger partial charge < -0.3 is 19.7 Å². The van der Waals surface area contributed by atoms with E-state index in [-0.39, 0.29) is 17.9 Å². The molecule has 4 rings (SSSR count). The third-order valence-electron chi connectivity index (χ3n) is 5.59. The molecular weight excluding hydrogens is 342 g/mol. The molecule has 1 amide bonds. The van der Waals surface area contributed by atoms with E-state index in [2.05, 4.69) is 15.2 Å². The lowest BCUT2D eigenvalue weighted by Crippen LogP contribution is -2.44. The van der Waals surface area contributed by atoms with Crippen molar-refractivity contribution in [3.63, 3.8) is 0 Å². The fraction of sp³-hybridized carbons (Fsp3) is 0.524. The normalized spacial score (nSPS) is 22.8. The minimum atomic E-state index is 0.00831. The number of nitrogens with one attached hydrogen (secondary N) is 1. The lowest BCUT2D eigenvalue weighted by Gasteiger charge is -2.34. The Morgan fingerprint density at radius 2 is 2.26 bits per heavy atom. The first-order valence-electron chi connectivity index (χ1n) is 9.81. The quantitative estimate of drug-likeness (QED) is 0.878. The molecule has 6 heteroatoms. The molecule has 0 spiro atoms. The molecule has 1 N–H and O–H groups in total. The summed E-state index contributed by atoms with van der Waals surface area (Å²) in [5.41, 5.74) is 2.06. The summed E-state index contributed by atoms with van der Waals surface area (Å²) < 4.78 is 11.0. The predicted molar refractivity (Wildman–Crippen MR) is 105 cm³/mol. The molecule has 2 unspecified atom stereocenters. The summed E-state index contributed by atoms with van der Waals surface area (Å²) in [4.78, 5) is 19.4. The predicted octanol–water partition coefficient (Wildman–Crippen LogP) is 2.76. The first kappa shape index (κ1) is 18.0. The van der Waals surface area contributed by atoms with Gasteiger partial charge in [0.2, 0.25) is 5.91 Å². The second-order valence-electron chi connectivity index (χ2n) is 7.38. The van der Waals surface area contributed by atoms with Crippen LogP contribution < -0.4 is 15.0 Å². The highest BCUT2D eigenvalue weighted by Crippen LogP contribution is 2.31. The topological polar surface area (TPSA) is 63.7 Å². The van der Waals surface area contributed by atoms with E-state index < -0.39 is 0 Å². The van der Waals surface area contributed by atoms with Crippen LogP contribution in [0.25, 0.3) is 10.9 Å². The van der Waals surface area contributed by atoms with Crippen molar-refractivity contribution >= 4 is 22.5 Å². The number of benzene rings is 1. The molecule has 2 aliphatic rings. The highest BCUT2D eigenvalue weighted by molar-refractivity contribution is 5.93. The Labute approximate surface area is 159 Å². The minimum Gasteiger partial charge on any atom is -0.497 e. The largest absolute Gasteiger partial charge is 0.497 e. The van der Waals surface area contributed by atoms with Gasteiger partial charge in [0.05, 0.1) is 24.6 Å². The van der Waals surface area contributed by atoms with Gasteiger partial charge in [0.1, 0.15) is 5.75 Å². The molecule has 2 aliphatic heterocycles. The Bertz CT molecular complexity index is 804. The molecule has 2 saturated heterocycles. The number of hydrogen-bond donors (Lipinski definition) is 1. The summed E-state index contributed by atoms with van der Waals surface area (Å²) in [6.45, 7) is 3.13. The number of carbonyl (C=O) groups is 1. The van der Waals surface area contributed by atoms with Gasteiger partial charge >= 0.3 is 0 Å². The first-order chi connectivity index (χ1) is 13.2. The Balaban J connectivity index is 1.47. The van der Waals surface area contributed by atoms with Gasteiger partial charge in [-0.3, -0.25) is 9.78 Å². The number of fused-ring (bicyclic) bond motifs is 1. The Kier molecular flexibility index (Phi) is 5.43.